The van der Waals surface area contributed by atoms with E-state index in [0.717, 1.165) is 16.8 Å². The summed E-state index contributed by atoms with van der Waals surface area (Å²) in [5.74, 6) is 0.0274. The summed E-state index contributed by atoms with van der Waals surface area (Å²) in [4.78, 5) is 31.9. The second-order valence-corrected chi connectivity index (χ2v) is 5.35. The minimum absolute atomic E-state index is 0.0274. The number of aromatic nitrogens is 2. The van der Waals surface area contributed by atoms with Crippen LogP contribution >= 0.6 is 0 Å². The molecule has 0 fully saturated rings. The highest BCUT2D eigenvalue weighted by molar-refractivity contribution is 6.00. The molecule has 2 aromatic rings. The van der Waals surface area contributed by atoms with Gasteiger partial charge in [-0.05, 0) is 44.5 Å². The first-order valence-electron chi connectivity index (χ1n) is 7.04. The number of ketones is 1. The Bertz CT molecular complexity index is 790. The minimum Gasteiger partial charge on any atom is -0.314 e. The second-order valence-electron chi connectivity index (χ2n) is 5.35. The predicted molar refractivity (Wildman–Crippen MR) is 87.7 cm³/mol. The smallest absolute Gasteiger partial charge is 0.276 e. The van der Waals surface area contributed by atoms with Crippen LogP contribution in [0.1, 0.15) is 26.0 Å². The molecule has 0 bridgehead atoms. The van der Waals surface area contributed by atoms with Gasteiger partial charge in [0.05, 0.1) is 0 Å². The number of carbonyl (C=O) groups excluding carboxylic acids is 1. The fourth-order valence-electron chi connectivity index (χ4n) is 2.32. The van der Waals surface area contributed by atoms with Gasteiger partial charge in [-0.15, -0.1) is 0 Å². The Hall–Kier alpha value is -2.56. The van der Waals surface area contributed by atoms with Crippen LogP contribution in [0.4, 0.5) is 5.69 Å². The molecule has 114 valence electrons. The molecule has 0 amide bonds. The van der Waals surface area contributed by atoms with Crippen molar-refractivity contribution >= 4 is 17.2 Å². The molecule has 22 heavy (non-hydrogen) atoms. The van der Waals surface area contributed by atoms with Crippen LogP contribution in [-0.4, -0.2) is 21.0 Å². The van der Waals surface area contributed by atoms with E-state index < -0.39 is 0 Å². The van der Waals surface area contributed by atoms with Crippen LogP contribution in [-0.2, 0) is 11.8 Å². The Morgan fingerprint density at radius 1 is 1.27 bits per heavy atom. The molecule has 0 radical (unpaired) electrons. The Morgan fingerprint density at radius 2 is 1.91 bits per heavy atom. The zero-order chi connectivity index (χ0) is 16.3. The summed E-state index contributed by atoms with van der Waals surface area (Å²) in [6, 6.07) is 5.56. The summed E-state index contributed by atoms with van der Waals surface area (Å²) >= 11 is 0. The molecule has 0 aliphatic rings. The van der Waals surface area contributed by atoms with Gasteiger partial charge in [0.1, 0.15) is 11.5 Å². The lowest BCUT2D eigenvalue weighted by Gasteiger charge is -2.12. The molecule has 5 heteroatoms. The van der Waals surface area contributed by atoms with Gasteiger partial charge in [-0.1, -0.05) is 0 Å². The van der Waals surface area contributed by atoms with Crippen LogP contribution in [0.2, 0.25) is 0 Å². The Morgan fingerprint density at radius 3 is 2.50 bits per heavy atom. The quantitative estimate of drug-likeness (QED) is 0.815. The fraction of sp³-hybridized carbons (Fsp3) is 0.294. The topological polar surface area (TPSA) is 64.3 Å². The Labute approximate surface area is 129 Å². The average Bonchev–Trinajstić information content (AvgIpc) is 2.48. The highest BCUT2D eigenvalue weighted by Gasteiger charge is 2.11. The van der Waals surface area contributed by atoms with Crippen molar-refractivity contribution < 1.29 is 4.79 Å². The van der Waals surface area contributed by atoms with E-state index in [2.05, 4.69) is 9.98 Å². The molecule has 0 saturated carbocycles. The lowest BCUT2D eigenvalue weighted by atomic mass is 10.0. The lowest BCUT2D eigenvalue weighted by Crippen LogP contribution is -2.19. The maximum Gasteiger partial charge on any atom is 0.276 e. The van der Waals surface area contributed by atoms with E-state index in [4.69, 9.17) is 0 Å². The van der Waals surface area contributed by atoms with Crippen molar-refractivity contribution in [1.29, 1.82) is 0 Å². The van der Waals surface area contributed by atoms with Gasteiger partial charge in [0, 0.05) is 42.8 Å². The summed E-state index contributed by atoms with van der Waals surface area (Å²) in [5, 5.41) is 0. The normalized spacial score (nSPS) is 11.5. The molecule has 0 spiro atoms. The Balaban J connectivity index is 2.60. The van der Waals surface area contributed by atoms with Crippen molar-refractivity contribution in [2.45, 2.75) is 27.2 Å². The number of rotatable bonds is 4. The van der Waals surface area contributed by atoms with E-state index in [1.54, 1.807) is 37.0 Å². The first-order valence-corrected chi connectivity index (χ1v) is 7.04. The first kappa shape index (κ1) is 15.8. The summed E-state index contributed by atoms with van der Waals surface area (Å²) < 4.78 is 1.58. The van der Waals surface area contributed by atoms with E-state index in [-0.39, 0.29) is 17.8 Å². The van der Waals surface area contributed by atoms with Gasteiger partial charge in [-0.3, -0.25) is 19.6 Å². The molecule has 0 saturated heterocycles. The monoisotopic (exact) mass is 297 g/mol. The van der Waals surface area contributed by atoms with E-state index in [1.807, 2.05) is 19.1 Å². The van der Waals surface area contributed by atoms with Crippen LogP contribution in [0.25, 0.3) is 11.1 Å². The summed E-state index contributed by atoms with van der Waals surface area (Å²) in [6.45, 7) is 5.16. The summed E-state index contributed by atoms with van der Waals surface area (Å²) in [7, 11) is 1.72. The van der Waals surface area contributed by atoms with Crippen LogP contribution in [0, 0.1) is 6.92 Å². The van der Waals surface area contributed by atoms with E-state index in [1.165, 1.54) is 6.92 Å². The summed E-state index contributed by atoms with van der Waals surface area (Å²) in [5.41, 5.74) is 3.58. The van der Waals surface area contributed by atoms with Crippen molar-refractivity contribution in [3.63, 3.8) is 0 Å². The van der Waals surface area contributed by atoms with Crippen molar-refractivity contribution in [2.75, 3.05) is 0 Å². The van der Waals surface area contributed by atoms with Gasteiger partial charge >= 0.3 is 0 Å². The molecule has 5 nitrogen and oxygen atoms in total. The number of hydrogen-bond acceptors (Lipinski definition) is 4. The average molecular weight is 297 g/mol. The third-order valence-corrected chi connectivity index (χ3v) is 3.51. The van der Waals surface area contributed by atoms with Crippen LogP contribution < -0.4 is 5.56 Å². The van der Waals surface area contributed by atoms with Gasteiger partial charge in [-0.2, -0.15) is 0 Å². The lowest BCUT2D eigenvalue weighted by molar-refractivity contribution is -0.115. The SMILES string of the molecule is CC(=O)CC(C)=Nc1cc(-c2ccncc2)c(C)n(C)c1=O. The second kappa shape index (κ2) is 6.47. The van der Waals surface area contributed by atoms with Crippen molar-refractivity contribution in [3.05, 3.63) is 46.6 Å². The molecule has 0 aliphatic carbocycles. The molecular weight excluding hydrogens is 278 g/mol. The van der Waals surface area contributed by atoms with Gasteiger partial charge in [0.2, 0.25) is 0 Å². The molecule has 0 aliphatic heterocycles. The minimum atomic E-state index is -0.168. The third kappa shape index (κ3) is 3.36. The molecule has 2 aromatic heterocycles. The van der Waals surface area contributed by atoms with Crippen LogP contribution in [0.3, 0.4) is 0 Å². The molecule has 0 unspecified atom stereocenters. The maximum atomic E-state index is 12.4. The molecule has 0 atom stereocenters. The molecule has 0 aromatic carbocycles. The third-order valence-electron chi connectivity index (χ3n) is 3.51. The summed E-state index contributed by atoms with van der Waals surface area (Å²) in [6.07, 6.45) is 3.68. The van der Waals surface area contributed by atoms with Gasteiger partial charge in [0.25, 0.3) is 5.56 Å². The van der Waals surface area contributed by atoms with E-state index in [9.17, 15) is 9.59 Å². The van der Waals surface area contributed by atoms with Crippen molar-refractivity contribution in [2.24, 2.45) is 12.0 Å². The van der Waals surface area contributed by atoms with Crippen LogP contribution in [0.15, 0.2) is 40.4 Å². The largest absolute Gasteiger partial charge is 0.314 e. The van der Waals surface area contributed by atoms with Gasteiger partial charge in [-0.25, -0.2) is 0 Å². The number of Topliss-reactive ketones (excluding diaryl/α,β-unsaturated/α-hetero) is 1. The van der Waals surface area contributed by atoms with Crippen molar-refractivity contribution in [3.8, 4) is 11.1 Å². The number of hydrogen-bond donors (Lipinski definition) is 0. The number of nitrogens with zero attached hydrogens (tertiary/aromatic N) is 3. The Kier molecular flexibility index (Phi) is 4.65. The number of aliphatic imine (C=N–C) groups is 1. The first-order chi connectivity index (χ1) is 10.4. The zero-order valence-corrected chi connectivity index (χ0v) is 13.3. The maximum absolute atomic E-state index is 12.4. The molecule has 0 N–H and O–H groups in total. The standard InChI is InChI=1S/C17H19N3O2/c1-11(9-12(2)21)19-16-10-15(13(3)20(4)17(16)22)14-5-7-18-8-6-14/h5-8,10H,9H2,1-4H3. The van der Waals surface area contributed by atoms with Gasteiger partial charge in [0.15, 0.2) is 0 Å². The van der Waals surface area contributed by atoms with E-state index in [0.29, 0.717) is 11.4 Å². The van der Waals surface area contributed by atoms with Crippen LogP contribution in [0.5, 0.6) is 0 Å². The predicted octanol–water partition coefficient (Wildman–Crippen LogP) is 2.83. The molecular formula is C17H19N3O2. The molecule has 2 rings (SSSR count). The van der Waals surface area contributed by atoms with E-state index >= 15 is 0 Å². The highest BCUT2D eigenvalue weighted by Crippen LogP contribution is 2.24. The van der Waals surface area contributed by atoms with Crippen molar-refractivity contribution in [1.82, 2.24) is 9.55 Å². The zero-order valence-electron chi connectivity index (χ0n) is 13.3. The highest BCUT2D eigenvalue weighted by atomic mass is 16.1. The number of carbonyl (C=O) groups is 1. The van der Waals surface area contributed by atoms with Gasteiger partial charge < -0.3 is 4.57 Å². The fourth-order valence-corrected chi connectivity index (χ4v) is 2.32. The molecule has 2 heterocycles. The number of pyridine rings is 2.